The predicted octanol–water partition coefficient (Wildman–Crippen LogP) is 3.12. The molecule has 0 aliphatic carbocycles. The first kappa shape index (κ1) is 17.6. The molecule has 2 aromatic rings. The zero-order chi connectivity index (χ0) is 17.0. The molecule has 0 bridgehead atoms. The van der Waals surface area contributed by atoms with Gasteiger partial charge in [0.2, 0.25) is 5.91 Å². The fraction of sp³-hybridized carbons (Fsp3) is 0.562. The van der Waals surface area contributed by atoms with E-state index < -0.39 is 0 Å². The number of thioether (sulfide) groups is 1. The minimum absolute atomic E-state index is 0.0235. The lowest BCUT2D eigenvalue weighted by Gasteiger charge is -2.13. The van der Waals surface area contributed by atoms with Crippen LogP contribution in [0, 0.1) is 12.8 Å². The van der Waals surface area contributed by atoms with Crippen LogP contribution in [0.3, 0.4) is 0 Å². The summed E-state index contributed by atoms with van der Waals surface area (Å²) in [5, 5.41) is 12.0. The molecular formula is C16H24N4O2S. The Hall–Kier alpha value is -1.76. The number of amides is 1. The van der Waals surface area contributed by atoms with Gasteiger partial charge in [0, 0.05) is 13.1 Å². The second kappa shape index (κ2) is 7.68. The van der Waals surface area contributed by atoms with Crippen LogP contribution in [0.25, 0.3) is 11.4 Å². The van der Waals surface area contributed by atoms with Crippen molar-refractivity contribution in [2.24, 2.45) is 5.92 Å². The molecule has 2 heterocycles. The molecule has 1 amide bonds. The van der Waals surface area contributed by atoms with Gasteiger partial charge >= 0.3 is 0 Å². The SMILES string of the molecule is CCn1c(SC(C)C(=O)NCC(C)C)nnc1-c1ccoc1C. The van der Waals surface area contributed by atoms with Gasteiger partial charge in [0.15, 0.2) is 11.0 Å². The highest BCUT2D eigenvalue weighted by Crippen LogP contribution is 2.28. The van der Waals surface area contributed by atoms with Crippen molar-refractivity contribution >= 4 is 17.7 Å². The number of hydrogen-bond donors (Lipinski definition) is 1. The number of furan rings is 1. The summed E-state index contributed by atoms with van der Waals surface area (Å²) in [5.41, 5.74) is 0.933. The van der Waals surface area contributed by atoms with E-state index in [0.29, 0.717) is 12.5 Å². The smallest absolute Gasteiger partial charge is 0.233 e. The summed E-state index contributed by atoms with van der Waals surface area (Å²) in [7, 11) is 0. The first-order valence-electron chi connectivity index (χ1n) is 7.86. The van der Waals surface area contributed by atoms with E-state index in [0.717, 1.165) is 28.8 Å². The third kappa shape index (κ3) is 4.16. The van der Waals surface area contributed by atoms with E-state index in [4.69, 9.17) is 4.42 Å². The third-order valence-corrected chi connectivity index (χ3v) is 4.55. The molecular weight excluding hydrogens is 312 g/mol. The van der Waals surface area contributed by atoms with Crippen LogP contribution in [0.5, 0.6) is 0 Å². The second-order valence-electron chi connectivity index (χ2n) is 5.84. The number of carbonyl (C=O) groups excluding carboxylic acids is 1. The Balaban J connectivity index is 2.13. The summed E-state index contributed by atoms with van der Waals surface area (Å²) in [6.07, 6.45) is 1.65. The highest BCUT2D eigenvalue weighted by molar-refractivity contribution is 8.00. The van der Waals surface area contributed by atoms with Crippen LogP contribution in [-0.4, -0.2) is 32.5 Å². The van der Waals surface area contributed by atoms with E-state index >= 15 is 0 Å². The molecule has 0 saturated heterocycles. The van der Waals surface area contributed by atoms with Crippen LogP contribution in [0.4, 0.5) is 0 Å². The molecule has 1 unspecified atom stereocenters. The van der Waals surface area contributed by atoms with E-state index in [9.17, 15) is 4.79 Å². The number of aryl methyl sites for hydroxylation is 1. The molecule has 126 valence electrons. The maximum absolute atomic E-state index is 12.1. The van der Waals surface area contributed by atoms with Crippen molar-refractivity contribution in [3.8, 4) is 11.4 Å². The zero-order valence-electron chi connectivity index (χ0n) is 14.3. The van der Waals surface area contributed by atoms with Crippen molar-refractivity contribution < 1.29 is 9.21 Å². The molecule has 0 spiro atoms. The first-order valence-corrected chi connectivity index (χ1v) is 8.74. The Morgan fingerprint density at radius 1 is 1.39 bits per heavy atom. The molecule has 0 aromatic carbocycles. The lowest BCUT2D eigenvalue weighted by molar-refractivity contribution is -0.120. The van der Waals surface area contributed by atoms with Gasteiger partial charge in [0.25, 0.3) is 0 Å². The lowest BCUT2D eigenvalue weighted by Crippen LogP contribution is -2.33. The number of hydrogen-bond acceptors (Lipinski definition) is 5. The molecule has 0 fully saturated rings. The van der Waals surface area contributed by atoms with Gasteiger partial charge in [-0.1, -0.05) is 25.6 Å². The highest BCUT2D eigenvalue weighted by Gasteiger charge is 2.21. The highest BCUT2D eigenvalue weighted by atomic mass is 32.2. The molecule has 6 nitrogen and oxygen atoms in total. The number of aromatic nitrogens is 3. The summed E-state index contributed by atoms with van der Waals surface area (Å²) in [6, 6.07) is 1.89. The van der Waals surface area contributed by atoms with Gasteiger partial charge in [0.05, 0.1) is 17.1 Å². The maximum atomic E-state index is 12.1. The minimum atomic E-state index is -0.221. The topological polar surface area (TPSA) is 73.0 Å². The zero-order valence-corrected chi connectivity index (χ0v) is 15.1. The lowest BCUT2D eigenvalue weighted by atomic mass is 10.2. The Kier molecular flexibility index (Phi) is 5.87. The molecule has 1 N–H and O–H groups in total. The van der Waals surface area contributed by atoms with Gasteiger partial charge in [-0.15, -0.1) is 10.2 Å². The minimum Gasteiger partial charge on any atom is -0.469 e. The quantitative estimate of drug-likeness (QED) is 0.787. The molecule has 1 atom stereocenters. The largest absolute Gasteiger partial charge is 0.469 e. The van der Waals surface area contributed by atoms with Crippen molar-refractivity contribution in [2.75, 3.05) is 6.54 Å². The summed E-state index contributed by atoms with van der Waals surface area (Å²) in [5.74, 6) is 2.05. The molecule has 7 heteroatoms. The van der Waals surface area contributed by atoms with Crippen molar-refractivity contribution in [2.45, 2.75) is 51.6 Å². The second-order valence-corrected chi connectivity index (χ2v) is 7.15. The molecule has 0 aliphatic rings. The van der Waals surface area contributed by atoms with Crippen LogP contribution < -0.4 is 5.32 Å². The van der Waals surface area contributed by atoms with Gasteiger partial charge in [-0.25, -0.2) is 0 Å². The van der Waals surface area contributed by atoms with E-state index in [1.807, 2.05) is 31.4 Å². The third-order valence-electron chi connectivity index (χ3n) is 3.47. The predicted molar refractivity (Wildman–Crippen MR) is 91.3 cm³/mol. The van der Waals surface area contributed by atoms with Crippen LogP contribution in [0.1, 0.15) is 33.5 Å². The fourth-order valence-corrected chi connectivity index (χ4v) is 3.07. The Morgan fingerprint density at radius 3 is 2.70 bits per heavy atom. The Labute approximate surface area is 141 Å². The molecule has 2 rings (SSSR count). The van der Waals surface area contributed by atoms with Crippen LogP contribution in [-0.2, 0) is 11.3 Å². The summed E-state index contributed by atoms with van der Waals surface area (Å²) >= 11 is 1.43. The van der Waals surface area contributed by atoms with E-state index in [-0.39, 0.29) is 11.2 Å². The molecule has 2 aromatic heterocycles. The van der Waals surface area contributed by atoms with Crippen LogP contribution >= 0.6 is 11.8 Å². The normalized spacial score (nSPS) is 12.6. The maximum Gasteiger partial charge on any atom is 0.233 e. The summed E-state index contributed by atoms with van der Waals surface area (Å²) in [6.45, 7) is 11.4. The number of carbonyl (C=O) groups is 1. The fourth-order valence-electron chi connectivity index (χ4n) is 2.14. The molecule has 23 heavy (non-hydrogen) atoms. The van der Waals surface area contributed by atoms with Gasteiger partial charge in [-0.2, -0.15) is 0 Å². The van der Waals surface area contributed by atoms with Gasteiger partial charge in [-0.3, -0.25) is 4.79 Å². The van der Waals surface area contributed by atoms with Crippen molar-refractivity contribution in [1.82, 2.24) is 20.1 Å². The van der Waals surface area contributed by atoms with E-state index in [2.05, 4.69) is 29.4 Å². The Bertz CT molecular complexity index is 663. The average molecular weight is 336 g/mol. The van der Waals surface area contributed by atoms with Gasteiger partial charge < -0.3 is 14.3 Å². The summed E-state index contributed by atoms with van der Waals surface area (Å²) in [4.78, 5) is 12.1. The number of nitrogens with zero attached hydrogens (tertiary/aromatic N) is 3. The molecule has 0 radical (unpaired) electrons. The molecule has 0 aliphatic heterocycles. The van der Waals surface area contributed by atoms with Crippen molar-refractivity contribution in [3.63, 3.8) is 0 Å². The first-order chi connectivity index (χ1) is 10.9. The van der Waals surface area contributed by atoms with Gasteiger partial charge in [-0.05, 0) is 32.8 Å². The standard InChI is InChI=1S/C16H24N4O2S/c1-6-20-14(13-7-8-22-11(13)4)18-19-16(20)23-12(5)15(21)17-9-10(2)3/h7-8,10,12H,6,9H2,1-5H3,(H,17,21). The van der Waals surface area contributed by atoms with E-state index in [1.54, 1.807) is 6.26 Å². The number of rotatable bonds is 7. The van der Waals surface area contributed by atoms with Crippen molar-refractivity contribution in [3.05, 3.63) is 18.1 Å². The van der Waals surface area contributed by atoms with Crippen LogP contribution in [0.15, 0.2) is 21.9 Å². The number of nitrogens with one attached hydrogen (secondary N) is 1. The Morgan fingerprint density at radius 2 is 2.13 bits per heavy atom. The summed E-state index contributed by atoms with van der Waals surface area (Å²) < 4.78 is 7.36. The monoisotopic (exact) mass is 336 g/mol. The van der Waals surface area contributed by atoms with Crippen molar-refractivity contribution in [1.29, 1.82) is 0 Å². The van der Waals surface area contributed by atoms with Crippen LogP contribution in [0.2, 0.25) is 0 Å². The average Bonchev–Trinajstić information content (AvgIpc) is 3.10. The van der Waals surface area contributed by atoms with E-state index in [1.165, 1.54) is 11.8 Å². The molecule has 0 saturated carbocycles. The van der Waals surface area contributed by atoms with Gasteiger partial charge in [0.1, 0.15) is 5.76 Å².